The normalized spacial score (nSPS) is 15.5. The lowest BCUT2D eigenvalue weighted by Crippen LogP contribution is -2.48. The van der Waals surface area contributed by atoms with E-state index < -0.39 is 0 Å². The number of methoxy groups -OCH3 is 2. The second kappa shape index (κ2) is 12.2. The maximum absolute atomic E-state index is 5.38. The van der Waals surface area contributed by atoms with Crippen molar-refractivity contribution in [1.82, 2.24) is 20.4 Å². The molecule has 168 valence electrons. The molecule has 1 heterocycles. The van der Waals surface area contributed by atoms with E-state index in [2.05, 4.69) is 55.8 Å². The third kappa shape index (κ3) is 7.15. The topological polar surface area (TPSA) is 61.4 Å². The highest BCUT2D eigenvalue weighted by molar-refractivity contribution is 5.79. The van der Waals surface area contributed by atoms with Crippen molar-refractivity contribution in [3.05, 3.63) is 59.7 Å². The second-order valence-electron chi connectivity index (χ2n) is 7.65. The highest BCUT2D eigenvalue weighted by Crippen LogP contribution is 2.27. The molecule has 0 radical (unpaired) electrons. The zero-order chi connectivity index (χ0) is 21.9. The monoisotopic (exact) mass is 425 g/mol. The lowest BCUT2D eigenvalue weighted by atomic mass is 10.2. The standard InChI is InChI=1S/C24H35N5O2/c1-25-24(27-18-21-9-10-22(30-2)23(17-21)31-3)26-11-12-28-13-15-29(16-14-28)19-20-7-5-4-6-8-20/h4-10,17H,11-16,18-19H2,1-3H3,(H2,25,26,27). The van der Waals surface area contributed by atoms with Crippen LogP contribution in [0.4, 0.5) is 0 Å². The lowest BCUT2D eigenvalue weighted by molar-refractivity contribution is 0.129. The Balaban J connectivity index is 1.35. The van der Waals surface area contributed by atoms with Gasteiger partial charge in [-0.15, -0.1) is 0 Å². The van der Waals surface area contributed by atoms with Crippen LogP contribution in [0.5, 0.6) is 11.5 Å². The van der Waals surface area contributed by atoms with Crippen molar-refractivity contribution in [1.29, 1.82) is 0 Å². The summed E-state index contributed by atoms with van der Waals surface area (Å²) in [5.74, 6) is 2.27. The lowest BCUT2D eigenvalue weighted by Gasteiger charge is -2.34. The Morgan fingerprint density at radius 3 is 2.26 bits per heavy atom. The van der Waals surface area contributed by atoms with Crippen LogP contribution in [0.25, 0.3) is 0 Å². The van der Waals surface area contributed by atoms with Crippen LogP contribution in [0.15, 0.2) is 53.5 Å². The minimum atomic E-state index is 0.665. The number of guanidine groups is 1. The first kappa shape index (κ1) is 22.9. The number of ether oxygens (including phenoxy) is 2. The minimum absolute atomic E-state index is 0.665. The van der Waals surface area contributed by atoms with Crippen LogP contribution < -0.4 is 20.1 Å². The number of piperazine rings is 1. The van der Waals surface area contributed by atoms with Crippen molar-refractivity contribution in [3.8, 4) is 11.5 Å². The van der Waals surface area contributed by atoms with E-state index in [1.165, 1.54) is 5.56 Å². The van der Waals surface area contributed by atoms with Crippen molar-refractivity contribution >= 4 is 5.96 Å². The molecular weight excluding hydrogens is 390 g/mol. The Morgan fingerprint density at radius 1 is 0.871 bits per heavy atom. The summed E-state index contributed by atoms with van der Waals surface area (Å²) in [5.41, 5.74) is 2.50. The van der Waals surface area contributed by atoms with Crippen molar-refractivity contribution in [3.63, 3.8) is 0 Å². The van der Waals surface area contributed by atoms with E-state index in [9.17, 15) is 0 Å². The Morgan fingerprint density at radius 2 is 1.58 bits per heavy atom. The fourth-order valence-electron chi connectivity index (χ4n) is 3.74. The molecule has 7 heteroatoms. The van der Waals surface area contributed by atoms with Gasteiger partial charge in [-0.1, -0.05) is 36.4 Å². The number of benzene rings is 2. The molecule has 0 aliphatic carbocycles. The molecule has 0 unspecified atom stereocenters. The fourth-order valence-corrected chi connectivity index (χ4v) is 3.74. The zero-order valence-corrected chi connectivity index (χ0v) is 18.9. The average Bonchev–Trinajstić information content (AvgIpc) is 2.82. The van der Waals surface area contributed by atoms with Gasteiger partial charge < -0.3 is 20.1 Å². The molecule has 0 amide bonds. The van der Waals surface area contributed by atoms with E-state index in [1.54, 1.807) is 21.3 Å². The molecule has 2 aromatic rings. The maximum atomic E-state index is 5.38. The van der Waals surface area contributed by atoms with E-state index in [0.717, 1.165) is 68.8 Å². The summed E-state index contributed by atoms with van der Waals surface area (Å²) in [5, 5.41) is 6.78. The predicted octanol–water partition coefficient (Wildman–Crippen LogP) is 2.19. The number of nitrogens with one attached hydrogen (secondary N) is 2. The van der Waals surface area contributed by atoms with Crippen molar-refractivity contribution in [2.45, 2.75) is 13.1 Å². The molecule has 0 spiro atoms. The molecule has 3 rings (SSSR count). The third-order valence-electron chi connectivity index (χ3n) is 5.57. The number of hydrogen-bond acceptors (Lipinski definition) is 5. The van der Waals surface area contributed by atoms with Gasteiger partial charge in [-0.05, 0) is 23.3 Å². The largest absolute Gasteiger partial charge is 0.493 e. The quantitative estimate of drug-likeness (QED) is 0.474. The molecule has 0 atom stereocenters. The minimum Gasteiger partial charge on any atom is -0.493 e. The zero-order valence-electron chi connectivity index (χ0n) is 18.9. The van der Waals surface area contributed by atoms with Crippen molar-refractivity contribution in [2.75, 3.05) is 60.5 Å². The van der Waals surface area contributed by atoms with Crippen LogP contribution in [0.1, 0.15) is 11.1 Å². The van der Waals surface area contributed by atoms with Gasteiger partial charge in [0.25, 0.3) is 0 Å². The molecule has 1 aliphatic heterocycles. The van der Waals surface area contributed by atoms with E-state index >= 15 is 0 Å². The van der Waals surface area contributed by atoms with Crippen LogP contribution >= 0.6 is 0 Å². The average molecular weight is 426 g/mol. The smallest absolute Gasteiger partial charge is 0.191 e. The van der Waals surface area contributed by atoms with Gasteiger partial charge in [0, 0.05) is 59.4 Å². The van der Waals surface area contributed by atoms with Crippen LogP contribution in [-0.4, -0.2) is 76.3 Å². The fraction of sp³-hybridized carbons (Fsp3) is 0.458. The SMILES string of the molecule is CN=C(NCCN1CCN(Cc2ccccc2)CC1)NCc1ccc(OC)c(OC)c1. The maximum Gasteiger partial charge on any atom is 0.191 e. The van der Waals surface area contributed by atoms with Crippen LogP contribution in [-0.2, 0) is 13.1 Å². The van der Waals surface area contributed by atoms with Gasteiger partial charge in [0.05, 0.1) is 14.2 Å². The highest BCUT2D eigenvalue weighted by atomic mass is 16.5. The molecule has 2 aromatic carbocycles. The molecule has 0 aromatic heterocycles. The Bertz CT molecular complexity index is 820. The summed E-state index contributed by atoms with van der Waals surface area (Å²) in [6.45, 7) is 8.01. The van der Waals surface area contributed by atoms with E-state index in [1.807, 2.05) is 18.2 Å². The summed E-state index contributed by atoms with van der Waals surface area (Å²) >= 11 is 0. The summed E-state index contributed by atoms with van der Waals surface area (Å²) < 4.78 is 10.7. The van der Waals surface area contributed by atoms with E-state index in [0.29, 0.717) is 6.54 Å². The third-order valence-corrected chi connectivity index (χ3v) is 5.57. The molecule has 7 nitrogen and oxygen atoms in total. The first-order valence-electron chi connectivity index (χ1n) is 10.9. The number of aliphatic imine (C=N–C) groups is 1. The summed E-state index contributed by atoms with van der Waals surface area (Å²) in [6.07, 6.45) is 0. The van der Waals surface area contributed by atoms with Crippen LogP contribution in [0.2, 0.25) is 0 Å². The van der Waals surface area contributed by atoms with Gasteiger partial charge in [-0.2, -0.15) is 0 Å². The Hall–Kier alpha value is -2.77. The van der Waals surface area contributed by atoms with Gasteiger partial charge in [-0.3, -0.25) is 14.8 Å². The highest BCUT2D eigenvalue weighted by Gasteiger charge is 2.16. The predicted molar refractivity (Wildman–Crippen MR) is 126 cm³/mol. The molecule has 1 fully saturated rings. The Labute approximate surface area is 186 Å². The second-order valence-corrected chi connectivity index (χ2v) is 7.65. The van der Waals surface area contributed by atoms with Gasteiger partial charge in [0.2, 0.25) is 0 Å². The van der Waals surface area contributed by atoms with Crippen LogP contribution in [0, 0.1) is 0 Å². The van der Waals surface area contributed by atoms with E-state index in [-0.39, 0.29) is 0 Å². The summed E-state index contributed by atoms with van der Waals surface area (Å²) in [7, 11) is 5.09. The first-order chi connectivity index (χ1) is 15.2. The number of hydrogen-bond donors (Lipinski definition) is 2. The van der Waals surface area contributed by atoms with Crippen molar-refractivity contribution in [2.24, 2.45) is 4.99 Å². The van der Waals surface area contributed by atoms with Gasteiger partial charge in [0.1, 0.15) is 0 Å². The molecular formula is C24H35N5O2. The van der Waals surface area contributed by atoms with Crippen LogP contribution in [0.3, 0.4) is 0 Å². The van der Waals surface area contributed by atoms with E-state index in [4.69, 9.17) is 9.47 Å². The van der Waals surface area contributed by atoms with Gasteiger partial charge in [0.15, 0.2) is 17.5 Å². The molecule has 31 heavy (non-hydrogen) atoms. The number of nitrogens with zero attached hydrogens (tertiary/aromatic N) is 3. The molecule has 2 N–H and O–H groups in total. The number of rotatable bonds is 9. The van der Waals surface area contributed by atoms with Crippen molar-refractivity contribution < 1.29 is 9.47 Å². The molecule has 1 saturated heterocycles. The van der Waals surface area contributed by atoms with Gasteiger partial charge in [-0.25, -0.2) is 0 Å². The molecule has 1 aliphatic rings. The summed E-state index contributed by atoms with van der Waals surface area (Å²) in [4.78, 5) is 9.37. The van der Waals surface area contributed by atoms with Gasteiger partial charge >= 0.3 is 0 Å². The Kier molecular flexibility index (Phi) is 8.99. The molecule has 0 bridgehead atoms. The molecule has 0 saturated carbocycles. The summed E-state index contributed by atoms with van der Waals surface area (Å²) in [6, 6.07) is 16.6. The first-order valence-corrected chi connectivity index (χ1v) is 10.9.